The molecule has 2 N–H and O–H groups in total. The molecule has 0 unspecified atom stereocenters. The molecule has 2 rings (SSSR count). The van der Waals surface area contributed by atoms with Gasteiger partial charge in [-0.3, -0.25) is 4.79 Å². The summed E-state index contributed by atoms with van der Waals surface area (Å²) >= 11 is 0. The number of esters is 1. The number of nitrogens with two attached hydrogens (primary N) is 1. The van der Waals surface area contributed by atoms with E-state index in [0.29, 0.717) is 6.61 Å². The molecular weight excluding hydrogens is 278 g/mol. The summed E-state index contributed by atoms with van der Waals surface area (Å²) in [5, 5.41) is 0. The van der Waals surface area contributed by atoms with Gasteiger partial charge in [0.2, 0.25) is 0 Å². The van der Waals surface area contributed by atoms with E-state index in [4.69, 9.17) is 15.2 Å². The van der Waals surface area contributed by atoms with Crippen molar-refractivity contribution in [1.82, 2.24) is 0 Å². The molecular formula is C18H21NO3. The van der Waals surface area contributed by atoms with E-state index in [2.05, 4.69) is 0 Å². The Morgan fingerprint density at radius 3 is 2.68 bits per heavy atom. The Morgan fingerprint density at radius 2 is 1.95 bits per heavy atom. The van der Waals surface area contributed by atoms with Crippen molar-refractivity contribution >= 4 is 5.97 Å². The number of carbonyl (C=O) groups excluding carboxylic acids is 1. The van der Waals surface area contributed by atoms with Gasteiger partial charge < -0.3 is 15.2 Å². The Bertz CT molecular complexity index is 640. The quantitative estimate of drug-likeness (QED) is 0.831. The van der Waals surface area contributed by atoms with Crippen LogP contribution < -0.4 is 10.5 Å². The van der Waals surface area contributed by atoms with Gasteiger partial charge in [-0.05, 0) is 30.2 Å². The maximum atomic E-state index is 11.6. The monoisotopic (exact) mass is 299 g/mol. The van der Waals surface area contributed by atoms with Crippen LogP contribution in [0.3, 0.4) is 0 Å². The van der Waals surface area contributed by atoms with Crippen LogP contribution in [-0.4, -0.2) is 19.7 Å². The van der Waals surface area contributed by atoms with Crippen LogP contribution in [0.5, 0.6) is 5.75 Å². The lowest BCUT2D eigenvalue weighted by atomic mass is 9.98. The fraction of sp³-hybridized carbons (Fsp3) is 0.278. The Balaban J connectivity index is 2.24. The second kappa shape index (κ2) is 7.61. The molecule has 0 bridgehead atoms. The Kier molecular flexibility index (Phi) is 5.55. The molecule has 1 atom stereocenters. The lowest BCUT2D eigenvalue weighted by Crippen LogP contribution is -2.17. The first-order chi connectivity index (χ1) is 10.7. The standard InChI is InChI=1S/C18H21NO3/c1-3-22-18(20)12-16(19)14-8-6-7-13(11-14)15-9-4-5-10-17(15)21-2/h4-11,16H,3,12,19H2,1-2H3/t16-/m0/s1. The van der Waals surface area contributed by atoms with Gasteiger partial charge in [0.25, 0.3) is 0 Å². The van der Waals surface area contributed by atoms with Gasteiger partial charge in [0.1, 0.15) is 5.75 Å². The van der Waals surface area contributed by atoms with Gasteiger partial charge in [-0.2, -0.15) is 0 Å². The highest BCUT2D eigenvalue weighted by Gasteiger charge is 2.14. The van der Waals surface area contributed by atoms with Crippen molar-refractivity contribution in [3.05, 3.63) is 54.1 Å². The average Bonchev–Trinajstić information content (AvgIpc) is 2.55. The molecule has 0 saturated heterocycles. The lowest BCUT2D eigenvalue weighted by Gasteiger charge is -2.14. The maximum Gasteiger partial charge on any atom is 0.307 e. The van der Waals surface area contributed by atoms with E-state index in [-0.39, 0.29) is 18.4 Å². The van der Waals surface area contributed by atoms with E-state index in [1.165, 1.54) is 0 Å². The minimum atomic E-state index is -0.381. The van der Waals surface area contributed by atoms with E-state index in [0.717, 1.165) is 22.4 Å². The Hall–Kier alpha value is -2.33. The van der Waals surface area contributed by atoms with Crippen molar-refractivity contribution in [2.24, 2.45) is 5.73 Å². The van der Waals surface area contributed by atoms with Crippen molar-refractivity contribution < 1.29 is 14.3 Å². The summed E-state index contributed by atoms with van der Waals surface area (Å²) in [6.45, 7) is 2.15. The van der Waals surface area contributed by atoms with Gasteiger partial charge in [0.15, 0.2) is 0 Å². The van der Waals surface area contributed by atoms with Crippen molar-refractivity contribution in [2.75, 3.05) is 13.7 Å². The van der Waals surface area contributed by atoms with Crippen LogP contribution >= 0.6 is 0 Å². The number of para-hydroxylation sites is 1. The first-order valence-electron chi connectivity index (χ1n) is 7.30. The number of hydrogen-bond acceptors (Lipinski definition) is 4. The van der Waals surface area contributed by atoms with Crippen LogP contribution in [0.15, 0.2) is 48.5 Å². The lowest BCUT2D eigenvalue weighted by molar-refractivity contribution is -0.143. The number of rotatable bonds is 6. The number of carbonyl (C=O) groups is 1. The zero-order chi connectivity index (χ0) is 15.9. The summed E-state index contributed by atoms with van der Waals surface area (Å²) in [5.74, 6) is 0.524. The molecule has 22 heavy (non-hydrogen) atoms. The van der Waals surface area contributed by atoms with Gasteiger partial charge in [0, 0.05) is 11.6 Å². The normalized spacial score (nSPS) is 11.8. The minimum Gasteiger partial charge on any atom is -0.496 e. The van der Waals surface area contributed by atoms with Crippen molar-refractivity contribution in [1.29, 1.82) is 0 Å². The summed E-state index contributed by atoms with van der Waals surface area (Å²) in [4.78, 5) is 11.6. The average molecular weight is 299 g/mol. The molecule has 0 aliphatic carbocycles. The highest BCUT2D eigenvalue weighted by atomic mass is 16.5. The van der Waals surface area contributed by atoms with Crippen LogP contribution in [0, 0.1) is 0 Å². The van der Waals surface area contributed by atoms with Gasteiger partial charge in [-0.15, -0.1) is 0 Å². The summed E-state index contributed by atoms with van der Waals surface area (Å²) in [6, 6.07) is 15.3. The summed E-state index contributed by atoms with van der Waals surface area (Å²) in [7, 11) is 1.65. The number of methoxy groups -OCH3 is 1. The molecule has 0 fully saturated rings. The summed E-state index contributed by atoms with van der Waals surface area (Å²) in [5.41, 5.74) is 9.02. The topological polar surface area (TPSA) is 61.5 Å². The zero-order valence-corrected chi connectivity index (χ0v) is 12.9. The van der Waals surface area contributed by atoms with Crippen molar-refractivity contribution in [3.63, 3.8) is 0 Å². The molecule has 0 amide bonds. The maximum absolute atomic E-state index is 11.6. The third-order valence-corrected chi connectivity index (χ3v) is 3.42. The summed E-state index contributed by atoms with van der Waals surface area (Å²) in [6.07, 6.45) is 0.170. The molecule has 116 valence electrons. The molecule has 2 aromatic rings. The second-order valence-corrected chi connectivity index (χ2v) is 4.94. The fourth-order valence-electron chi connectivity index (χ4n) is 2.34. The van der Waals surface area contributed by atoms with Crippen molar-refractivity contribution in [2.45, 2.75) is 19.4 Å². The molecule has 0 radical (unpaired) electrons. The second-order valence-electron chi connectivity index (χ2n) is 4.94. The predicted octanol–water partition coefficient (Wildman–Crippen LogP) is 3.32. The highest BCUT2D eigenvalue weighted by molar-refractivity contribution is 5.72. The SMILES string of the molecule is CCOC(=O)C[C@H](N)c1cccc(-c2ccccc2OC)c1. The van der Waals surface area contributed by atoms with E-state index in [1.807, 2.05) is 48.5 Å². The number of benzene rings is 2. The van der Waals surface area contributed by atoms with Crippen molar-refractivity contribution in [3.8, 4) is 16.9 Å². The third kappa shape index (κ3) is 3.86. The predicted molar refractivity (Wildman–Crippen MR) is 86.6 cm³/mol. The van der Waals surface area contributed by atoms with E-state index >= 15 is 0 Å². The minimum absolute atomic E-state index is 0.170. The van der Waals surface area contributed by atoms with E-state index in [1.54, 1.807) is 14.0 Å². The zero-order valence-electron chi connectivity index (χ0n) is 12.9. The Morgan fingerprint density at radius 1 is 1.18 bits per heavy atom. The molecule has 0 spiro atoms. The van der Waals surface area contributed by atoms with Gasteiger partial charge in [-0.1, -0.05) is 36.4 Å². The van der Waals surface area contributed by atoms with Crippen LogP contribution in [0.4, 0.5) is 0 Å². The molecule has 0 aliphatic heterocycles. The molecule has 0 heterocycles. The molecule has 0 aromatic heterocycles. The fourth-order valence-corrected chi connectivity index (χ4v) is 2.34. The van der Waals surface area contributed by atoms with Crippen LogP contribution in [0.2, 0.25) is 0 Å². The number of ether oxygens (including phenoxy) is 2. The van der Waals surface area contributed by atoms with Gasteiger partial charge >= 0.3 is 5.97 Å². The van der Waals surface area contributed by atoms with Crippen LogP contribution in [0.1, 0.15) is 24.9 Å². The summed E-state index contributed by atoms with van der Waals surface area (Å²) < 4.78 is 10.3. The first-order valence-corrected chi connectivity index (χ1v) is 7.30. The number of hydrogen-bond donors (Lipinski definition) is 1. The third-order valence-electron chi connectivity index (χ3n) is 3.42. The molecule has 4 heteroatoms. The van der Waals surface area contributed by atoms with Crippen LogP contribution in [-0.2, 0) is 9.53 Å². The van der Waals surface area contributed by atoms with E-state index in [9.17, 15) is 4.79 Å². The molecule has 0 aliphatic rings. The molecule has 0 saturated carbocycles. The molecule has 4 nitrogen and oxygen atoms in total. The van der Waals surface area contributed by atoms with Gasteiger partial charge in [-0.25, -0.2) is 0 Å². The largest absolute Gasteiger partial charge is 0.496 e. The van der Waals surface area contributed by atoms with Crippen LogP contribution in [0.25, 0.3) is 11.1 Å². The Labute approximate surface area is 130 Å². The van der Waals surface area contributed by atoms with Gasteiger partial charge in [0.05, 0.1) is 20.1 Å². The van der Waals surface area contributed by atoms with E-state index < -0.39 is 0 Å². The first kappa shape index (κ1) is 16.0. The smallest absolute Gasteiger partial charge is 0.307 e. The molecule has 2 aromatic carbocycles. The highest BCUT2D eigenvalue weighted by Crippen LogP contribution is 2.31.